The number of nitrogens with zero attached hydrogens (tertiary/aromatic N) is 2. The molecule has 4 nitrogen and oxygen atoms in total. The lowest BCUT2D eigenvalue weighted by Crippen LogP contribution is -3.00. The van der Waals surface area contributed by atoms with Crippen LogP contribution in [-0.2, 0) is 24.4 Å². The summed E-state index contributed by atoms with van der Waals surface area (Å²) in [4.78, 5) is 12.5. The van der Waals surface area contributed by atoms with E-state index < -0.39 is 6.10 Å². The molecule has 0 saturated heterocycles. The van der Waals surface area contributed by atoms with Gasteiger partial charge in [-0.2, -0.15) is 0 Å². The maximum Gasteiger partial charge on any atom is 0.244 e. The molecule has 36 heavy (non-hydrogen) atoms. The lowest BCUT2D eigenvalue weighted by molar-refractivity contribution is -0.682. The first kappa shape index (κ1) is 28.5. The van der Waals surface area contributed by atoms with Crippen LogP contribution in [-0.4, -0.2) is 10.4 Å². The zero-order chi connectivity index (χ0) is 24.9. The molecule has 1 atom stereocenters. The zero-order valence-corrected chi connectivity index (χ0v) is 22.5. The number of ketones is 1. The van der Waals surface area contributed by atoms with E-state index in [-0.39, 0.29) is 37.2 Å². The van der Waals surface area contributed by atoms with Gasteiger partial charge in [0.1, 0.15) is 30.9 Å². The number of Topliss-reactive ketones (excluding diaryl/α,β-unsaturated/α-hetero) is 1. The van der Waals surface area contributed by atoms with Gasteiger partial charge in [-0.05, 0) is 54.1 Å². The van der Waals surface area contributed by atoms with Crippen molar-refractivity contribution in [2.45, 2.75) is 25.8 Å². The van der Waals surface area contributed by atoms with Crippen molar-refractivity contribution < 1.29 is 30.9 Å². The fourth-order valence-electron chi connectivity index (χ4n) is 3.56. The van der Waals surface area contributed by atoms with Crippen LogP contribution in [0.5, 0.6) is 0 Å². The molecule has 0 unspecified atom stereocenters. The average molecular weight is 589 g/mol. The fraction of sp³-hybridized carbons (Fsp3) is 0.154. The maximum absolute atomic E-state index is 13.1. The minimum atomic E-state index is -0.430. The second-order valence-electron chi connectivity index (χ2n) is 7.91. The van der Waals surface area contributed by atoms with Gasteiger partial charge in [0.05, 0.1) is 6.61 Å². The molecule has 3 aromatic carbocycles. The van der Waals surface area contributed by atoms with Gasteiger partial charge in [-0.3, -0.25) is 4.79 Å². The molecule has 0 radical (unpaired) electrons. The van der Waals surface area contributed by atoms with Crippen molar-refractivity contribution in [2.75, 3.05) is 0 Å². The topological polar surface area (TPSA) is 35.1 Å². The molecular weight excluding hydrogens is 569 g/mol. The molecule has 0 fully saturated rings. The Morgan fingerprint density at radius 2 is 1.61 bits per heavy atom. The number of carbonyl (C=O) groups excluding carboxylic acids is 1. The van der Waals surface area contributed by atoms with Crippen LogP contribution in [0.2, 0.25) is 20.1 Å². The van der Waals surface area contributed by atoms with Crippen molar-refractivity contribution in [1.82, 2.24) is 4.57 Å². The van der Waals surface area contributed by atoms with Gasteiger partial charge < -0.3 is 17.1 Å². The molecule has 0 amide bonds. The van der Waals surface area contributed by atoms with Crippen molar-refractivity contribution in [2.24, 2.45) is 0 Å². The number of rotatable bonds is 9. The van der Waals surface area contributed by atoms with Crippen LogP contribution in [0.3, 0.4) is 0 Å². The van der Waals surface area contributed by atoms with Gasteiger partial charge in [-0.1, -0.05) is 58.5 Å². The van der Waals surface area contributed by atoms with Crippen molar-refractivity contribution in [3.63, 3.8) is 0 Å². The highest BCUT2D eigenvalue weighted by Gasteiger charge is 2.21. The second kappa shape index (κ2) is 12.9. The van der Waals surface area contributed by atoms with Crippen molar-refractivity contribution in [3.05, 3.63) is 122 Å². The molecule has 1 heterocycles. The van der Waals surface area contributed by atoms with Gasteiger partial charge in [-0.15, -0.1) is 0 Å². The van der Waals surface area contributed by atoms with Crippen LogP contribution in [0.25, 0.3) is 0 Å². The molecule has 0 bridgehead atoms. The summed E-state index contributed by atoms with van der Waals surface area (Å²) in [6.45, 7) is 0.778. The third-order valence-corrected chi connectivity index (χ3v) is 6.53. The first-order chi connectivity index (χ1) is 16.8. The second-order valence-corrected chi connectivity index (χ2v) is 9.60. The summed E-state index contributed by atoms with van der Waals surface area (Å²) in [6.07, 6.45) is 5.00. The number of hydrogen-bond acceptors (Lipinski definition) is 2. The molecule has 0 aliphatic carbocycles. The molecule has 4 aromatic rings. The molecule has 0 saturated carbocycles. The molecule has 4 rings (SSSR count). The number of ether oxygens (including phenoxy) is 1. The van der Waals surface area contributed by atoms with Gasteiger partial charge in [0.15, 0.2) is 6.54 Å². The summed E-state index contributed by atoms with van der Waals surface area (Å²) in [5.41, 5.74) is 2.00. The Morgan fingerprint density at radius 3 is 2.28 bits per heavy atom. The van der Waals surface area contributed by atoms with Crippen LogP contribution in [0.15, 0.2) is 79.4 Å². The van der Waals surface area contributed by atoms with E-state index in [0.29, 0.717) is 32.2 Å². The van der Waals surface area contributed by atoms with Crippen LogP contribution in [0, 0.1) is 5.82 Å². The molecule has 0 spiro atoms. The standard InChI is InChI=1S/C26H20Cl4FN2O2.ClH/c27-19-4-1-18(23(29)11-19)15-35-26(22-8-5-20(28)12-24(22)30)14-33-10-9-32(16-33)13-25(34)17-2-6-21(31)7-3-17;/h1-12,16,26H,13-15H2;1H/q+1;/p-1/t26-;/m1./s1. The number of hydrogen-bond donors (Lipinski definition) is 0. The van der Waals surface area contributed by atoms with Crippen LogP contribution < -0.4 is 17.0 Å². The van der Waals surface area contributed by atoms with Gasteiger partial charge in [0, 0.05) is 31.2 Å². The Balaban J connectivity index is 0.00000361. The minimum Gasteiger partial charge on any atom is -1.00 e. The highest BCUT2D eigenvalue weighted by Crippen LogP contribution is 2.31. The molecule has 1 aromatic heterocycles. The largest absolute Gasteiger partial charge is 1.00 e. The number of benzene rings is 3. The van der Waals surface area contributed by atoms with E-state index in [1.54, 1.807) is 41.4 Å². The van der Waals surface area contributed by atoms with Crippen molar-refractivity contribution in [3.8, 4) is 0 Å². The van der Waals surface area contributed by atoms with E-state index in [1.807, 2.05) is 22.9 Å². The third-order valence-electron chi connectivity index (χ3n) is 5.38. The first-order valence-corrected chi connectivity index (χ1v) is 12.1. The predicted octanol–water partition coefficient (Wildman–Crippen LogP) is 4.37. The summed E-state index contributed by atoms with van der Waals surface area (Å²) < 4.78 is 23.0. The van der Waals surface area contributed by atoms with Gasteiger partial charge >= 0.3 is 0 Å². The molecule has 0 aliphatic rings. The normalized spacial score (nSPS) is 11.7. The average Bonchev–Trinajstić information content (AvgIpc) is 3.25. The molecular formula is C26H20Cl5FN2O2. The number of carbonyl (C=O) groups is 1. The Morgan fingerprint density at radius 1 is 0.944 bits per heavy atom. The fourth-order valence-corrected chi connectivity index (χ4v) is 4.55. The molecule has 10 heteroatoms. The number of imidazole rings is 1. The van der Waals surface area contributed by atoms with Crippen molar-refractivity contribution in [1.29, 1.82) is 0 Å². The SMILES string of the molecule is O=C(C[n+]1ccn(C[C@@H](OCc2ccc(Cl)cc2Cl)c2ccc(Cl)cc2Cl)c1)c1ccc(F)cc1.[Cl-]. The third kappa shape index (κ3) is 7.45. The van der Waals surface area contributed by atoms with Gasteiger partial charge in [0.25, 0.3) is 0 Å². The molecule has 188 valence electrons. The lowest BCUT2D eigenvalue weighted by atomic mass is 10.1. The van der Waals surface area contributed by atoms with Crippen LogP contribution in [0.4, 0.5) is 4.39 Å². The van der Waals surface area contributed by atoms with E-state index in [2.05, 4.69) is 0 Å². The predicted molar refractivity (Wildman–Crippen MR) is 136 cm³/mol. The lowest BCUT2D eigenvalue weighted by Gasteiger charge is -2.19. The summed E-state index contributed by atoms with van der Waals surface area (Å²) in [6, 6.07) is 16.0. The number of aromatic nitrogens is 2. The summed E-state index contributed by atoms with van der Waals surface area (Å²) in [5.74, 6) is -0.508. The van der Waals surface area contributed by atoms with Crippen LogP contribution in [0.1, 0.15) is 27.6 Å². The van der Waals surface area contributed by atoms with E-state index in [0.717, 1.165) is 11.1 Å². The maximum atomic E-state index is 13.1. The zero-order valence-electron chi connectivity index (χ0n) is 18.7. The highest BCUT2D eigenvalue weighted by molar-refractivity contribution is 6.35. The smallest absolute Gasteiger partial charge is 0.244 e. The molecule has 0 aliphatic heterocycles. The summed E-state index contributed by atoms with van der Waals surface area (Å²) in [5, 5.41) is 2.06. The van der Waals surface area contributed by atoms with E-state index >= 15 is 0 Å². The Bertz CT molecular complexity index is 1340. The van der Waals surface area contributed by atoms with E-state index in [4.69, 9.17) is 51.1 Å². The summed E-state index contributed by atoms with van der Waals surface area (Å²) >= 11 is 24.9. The van der Waals surface area contributed by atoms with E-state index in [1.165, 1.54) is 24.3 Å². The Kier molecular flexibility index (Phi) is 10.2. The van der Waals surface area contributed by atoms with E-state index in [9.17, 15) is 9.18 Å². The number of halogens is 6. The highest BCUT2D eigenvalue weighted by atomic mass is 35.5. The quantitative estimate of drug-likeness (QED) is 0.215. The van der Waals surface area contributed by atoms with Crippen LogP contribution >= 0.6 is 46.4 Å². The van der Waals surface area contributed by atoms with Crippen molar-refractivity contribution >= 4 is 52.2 Å². The monoisotopic (exact) mass is 586 g/mol. The first-order valence-electron chi connectivity index (χ1n) is 10.6. The molecule has 0 N–H and O–H groups in total. The summed E-state index contributed by atoms with van der Waals surface area (Å²) in [7, 11) is 0. The minimum absolute atomic E-state index is 0. The Hall–Kier alpha value is -2.12. The Labute approximate surface area is 234 Å². The van der Waals surface area contributed by atoms with Gasteiger partial charge in [-0.25, -0.2) is 13.5 Å². The van der Waals surface area contributed by atoms with Gasteiger partial charge in [0.2, 0.25) is 12.1 Å².